The normalized spacial score (nSPS) is 15.1. The molecule has 13 heavy (non-hydrogen) atoms. The predicted molar refractivity (Wildman–Crippen MR) is 49.4 cm³/mol. The molecular weight excluding hydrogens is 172 g/mol. The van der Waals surface area contributed by atoms with Crippen LogP contribution in [0.1, 0.15) is 6.92 Å². The molecule has 1 amide bonds. The lowest BCUT2D eigenvalue weighted by molar-refractivity contribution is -0.122. The maximum absolute atomic E-state index is 11.1. The van der Waals surface area contributed by atoms with Crippen molar-refractivity contribution in [3.63, 3.8) is 0 Å². The van der Waals surface area contributed by atoms with Crippen LogP contribution in [-0.2, 0) is 9.53 Å². The van der Waals surface area contributed by atoms with Gasteiger partial charge in [0.25, 0.3) is 0 Å². The summed E-state index contributed by atoms with van der Waals surface area (Å²) in [5.74, 6) is -0.102. The third-order valence-corrected chi connectivity index (χ3v) is 1.71. The number of rotatable bonds is 6. The van der Waals surface area contributed by atoms with Gasteiger partial charge in [0.1, 0.15) is 0 Å². The van der Waals surface area contributed by atoms with Gasteiger partial charge in [-0.15, -0.1) is 0 Å². The van der Waals surface area contributed by atoms with Gasteiger partial charge >= 0.3 is 0 Å². The number of hydrogen-bond donors (Lipinski definition) is 3. The SMILES string of the molecule is CNC(=O)C(C)NC(CO)COC. The number of methoxy groups -OCH3 is 1. The average Bonchev–Trinajstić information content (AvgIpc) is 2.15. The third-order valence-electron chi connectivity index (χ3n) is 1.71. The third kappa shape index (κ3) is 4.82. The van der Waals surface area contributed by atoms with Gasteiger partial charge in [0.15, 0.2) is 0 Å². The van der Waals surface area contributed by atoms with Crippen LogP contribution in [-0.4, -0.2) is 50.5 Å². The Kier molecular flexibility index (Phi) is 6.48. The summed E-state index contributed by atoms with van der Waals surface area (Å²) in [6, 6.07) is -0.519. The Labute approximate surface area is 78.5 Å². The Hall–Kier alpha value is -0.650. The first kappa shape index (κ1) is 12.3. The summed E-state index contributed by atoms with van der Waals surface area (Å²) in [6.07, 6.45) is 0. The minimum absolute atomic E-state index is 0.0465. The first-order valence-electron chi connectivity index (χ1n) is 4.23. The van der Waals surface area contributed by atoms with Gasteiger partial charge in [-0.1, -0.05) is 0 Å². The molecule has 0 aliphatic heterocycles. The first-order valence-corrected chi connectivity index (χ1v) is 4.23. The van der Waals surface area contributed by atoms with Crippen LogP contribution in [0.2, 0.25) is 0 Å². The summed E-state index contributed by atoms with van der Waals surface area (Å²) in [5.41, 5.74) is 0. The van der Waals surface area contributed by atoms with Crippen molar-refractivity contribution >= 4 is 5.91 Å². The molecule has 0 radical (unpaired) electrons. The average molecular weight is 190 g/mol. The van der Waals surface area contributed by atoms with E-state index in [0.717, 1.165) is 0 Å². The number of carbonyl (C=O) groups excluding carboxylic acids is 1. The van der Waals surface area contributed by atoms with E-state index in [1.807, 2.05) is 0 Å². The number of ether oxygens (including phenoxy) is 1. The lowest BCUT2D eigenvalue weighted by Gasteiger charge is -2.19. The maximum Gasteiger partial charge on any atom is 0.236 e. The summed E-state index contributed by atoms with van der Waals surface area (Å²) >= 11 is 0. The molecule has 0 spiro atoms. The van der Waals surface area contributed by atoms with E-state index in [1.165, 1.54) is 0 Å². The van der Waals surface area contributed by atoms with Crippen LogP contribution in [0.5, 0.6) is 0 Å². The van der Waals surface area contributed by atoms with Crippen molar-refractivity contribution in [2.24, 2.45) is 0 Å². The fourth-order valence-corrected chi connectivity index (χ4v) is 1.00. The van der Waals surface area contributed by atoms with E-state index < -0.39 is 0 Å². The molecule has 3 N–H and O–H groups in total. The molecule has 5 heteroatoms. The molecule has 78 valence electrons. The number of likely N-dealkylation sites (N-methyl/N-ethyl adjacent to an activating group) is 1. The van der Waals surface area contributed by atoms with Crippen molar-refractivity contribution in [2.45, 2.75) is 19.0 Å². The van der Waals surface area contributed by atoms with Crippen LogP contribution in [0.15, 0.2) is 0 Å². The van der Waals surface area contributed by atoms with Gasteiger partial charge in [-0.25, -0.2) is 0 Å². The summed E-state index contributed by atoms with van der Waals surface area (Å²) in [5, 5.41) is 14.3. The second kappa shape index (κ2) is 6.82. The summed E-state index contributed by atoms with van der Waals surface area (Å²) in [6.45, 7) is 2.07. The van der Waals surface area contributed by atoms with E-state index in [2.05, 4.69) is 10.6 Å². The highest BCUT2D eigenvalue weighted by molar-refractivity contribution is 5.80. The van der Waals surface area contributed by atoms with Crippen molar-refractivity contribution in [3.05, 3.63) is 0 Å². The van der Waals surface area contributed by atoms with E-state index in [-0.39, 0.29) is 24.6 Å². The van der Waals surface area contributed by atoms with Crippen LogP contribution in [0.4, 0.5) is 0 Å². The molecule has 0 fully saturated rings. The van der Waals surface area contributed by atoms with Crippen LogP contribution in [0, 0.1) is 0 Å². The molecule has 0 saturated heterocycles. The van der Waals surface area contributed by atoms with Gasteiger partial charge in [0, 0.05) is 14.2 Å². The molecule has 0 saturated carbocycles. The summed E-state index contributed by atoms with van der Waals surface area (Å²) in [7, 11) is 3.12. The fraction of sp³-hybridized carbons (Fsp3) is 0.875. The second-order valence-electron chi connectivity index (χ2n) is 2.84. The zero-order valence-corrected chi connectivity index (χ0v) is 8.33. The molecule has 0 rings (SSSR count). The van der Waals surface area contributed by atoms with Crippen molar-refractivity contribution < 1.29 is 14.6 Å². The molecule has 0 heterocycles. The zero-order chi connectivity index (χ0) is 10.3. The summed E-state index contributed by atoms with van der Waals surface area (Å²) < 4.78 is 4.85. The van der Waals surface area contributed by atoms with Gasteiger partial charge in [-0.05, 0) is 6.92 Å². The van der Waals surface area contributed by atoms with Crippen LogP contribution in [0.25, 0.3) is 0 Å². The van der Waals surface area contributed by atoms with Gasteiger partial charge in [-0.2, -0.15) is 0 Å². The predicted octanol–water partition coefficient (Wildman–Crippen LogP) is -1.28. The number of amides is 1. The lowest BCUT2D eigenvalue weighted by atomic mass is 10.2. The Morgan fingerprint density at radius 3 is 2.62 bits per heavy atom. The molecule has 0 aromatic rings. The van der Waals surface area contributed by atoms with Crippen molar-refractivity contribution in [2.75, 3.05) is 27.4 Å². The van der Waals surface area contributed by atoms with E-state index in [0.29, 0.717) is 6.61 Å². The number of nitrogens with one attached hydrogen (secondary N) is 2. The van der Waals surface area contributed by atoms with E-state index in [1.54, 1.807) is 21.1 Å². The van der Waals surface area contributed by atoms with Crippen molar-refractivity contribution in [3.8, 4) is 0 Å². The molecule has 0 aromatic carbocycles. The minimum atomic E-state index is -0.322. The first-order chi connectivity index (χ1) is 6.15. The number of aliphatic hydroxyl groups is 1. The quantitative estimate of drug-likeness (QED) is 0.488. The van der Waals surface area contributed by atoms with E-state index >= 15 is 0 Å². The van der Waals surface area contributed by atoms with Crippen LogP contribution >= 0.6 is 0 Å². The highest BCUT2D eigenvalue weighted by Gasteiger charge is 2.15. The Morgan fingerprint density at radius 2 is 2.23 bits per heavy atom. The largest absolute Gasteiger partial charge is 0.395 e. The molecule has 2 unspecified atom stereocenters. The van der Waals surface area contributed by atoms with E-state index in [9.17, 15) is 4.79 Å². The smallest absolute Gasteiger partial charge is 0.236 e. The van der Waals surface area contributed by atoms with Crippen molar-refractivity contribution in [1.82, 2.24) is 10.6 Å². The molecule has 0 aliphatic rings. The molecule has 2 atom stereocenters. The lowest BCUT2D eigenvalue weighted by Crippen LogP contribution is -2.48. The molecule has 0 aliphatic carbocycles. The van der Waals surface area contributed by atoms with Gasteiger partial charge < -0.3 is 15.2 Å². The van der Waals surface area contributed by atoms with Gasteiger partial charge in [-0.3, -0.25) is 10.1 Å². The molecule has 0 aromatic heterocycles. The second-order valence-corrected chi connectivity index (χ2v) is 2.84. The highest BCUT2D eigenvalue weighted by atomic mass is 16.5. The highest BCUT2D eigenvalue weighted by Crippen LogP contribution is 1.88. The van der Waals surface area contributed by atoms with E-state index in [4.69, 9.17) is 9.84 Å². The Bertz CT molecular complexity index is 152. The molecular formula is C8H18N2O3. The minimum Gasteiger partial charge on any atom is -0.395 e. The molecule has 0 bridgehead atoms. The monoisotopic (exact) mass is 190 g/mol. The Morgan fingerprint density at radius 1 is 1.62 bits per heavy atom. The zero-order valence-electron chi connectivity index (χ0n) is 8.33. The maximum atomic E-state index is 11.1. The van der Waals surface area contributed by atoms with Crippen LogP contribution < -0.4 is 10.6 Å². The fourth-order valence-electron chi connectivity index (χ4n) is 1.00. The van der Waals surface area contributed by atoms with Crippen LogP contribution in [0.3, 0.4) is 0 Å². The summed E-state index contributed by atoms with van der Waals surface area (Å²) in [4.78, 5) is 11.1. The number of aliphatic hydroxyl groups excluding tert-OH is 1. The number of carbonyl (C=O) groups is 1. The number of hydrogen-bond acceptors (Lipinski definition) is 4. The molecule has 5 nitrogen and oxygen atoms in total. The standard InChI is InChI=1S/C8H18N2O3/c1-6(8(12)9-2)10-7(4-11)5-13-3/h6-7,10-11H,4-5H2,1-3H3,(H,9,12). The van der Waals surface area contributed by atoms with Gasteiger partial charge in [0.2, 0.25) is 5.91 Å². The van der Waals surface area contributed by atoms with Crippen molar-refractivity contribution in [1.29, 1.82) is 0 Å². The topological polar surface area (TPSA) is 70.6 Å². The van der Waals surface area contributed by atoms with Gasteiger partial charge in [0.05, 0.1) is 25.3 Å². The Balaban J connectivity index is 3.85.